The monoisotopic (exact) mass is 255 g/mol. The van der Waals surface area contributed by atoms with Gasteiger partial charge in [-0.2, -0.15) is 0 Å². The first-order valence-electron chi connectivity index (χ1n) is 6.08. The van der Waals surface area contributed by atoms with Crippen LogP contribution in [0.5, 0.6) is 11.5 Å². The van der Waals surface area contributed by atoms with Gasteiger partial charge in [0.1, 0.15) is 11.5 Å². The van der Waals surface area contributed by atoms with Gasteiger partial charge in [0.25, 0.3) is 0 Å². The summed E-state index contributed by atoms with van der Waals surface area (Å²) in [6.07, 6.45) is 0. The minimum atomic E-state index is 0.715. The Hall–Kier alpha value is -2.04. The lowest BCUT2D eigenvalue weighted by Gasteiger charge is -2.08. The van der Waals surface area contributed by atoms with E-state index in [1.54, 1.807) is 0 Å². The van der Waals surface area contributed by atoms with Gasteiger partial charge >= 0.3 is 7.69 Å². The van der Waals surface area contributed by atoms with Crippen molar-refractivity contribution in [2.24, 2.45) is 0 Å². The van der Waals surface area contributed by atoms with Crippen molar-refractivity contribution < 1.29 is 9.31 Å². The fraction of sp³-hybridized carbons (Fsp3) is 0.286. The van der Waals surface area contributed by atoms with Crippen LogP contribution in [0.3, 0.4) is 0 Å². The van der Waals surface area contributed by atoms with Crippen molar-refractivity contribution in [3.8, 4) is 11.5 Å². The van der Waals surface area contributed by atoms with Crippen LogP contribution in [0.4, 0.5) is 0 Å². The third kappa shape index (κ3) is 3.98. The van der Waals surface area contributed by atoms with Crippen LogP contribution in [-0.2, 0) is 0 Å². The van der Waals surface area contributed by atoms with Gasteiger partial charge in [0.2, 0.25) is 0 Å². The molecule has 0 unspecified atom stereocenters. The fourth-order valence-corrected chi connectivity index (χ4v) is 1.86. The predicted octanol–water partition coefficient (Wildman–Crippen LogP) is 2.70. The van der Waals surface area contributed by atoms with E-state index in [-0.39, 0.29) is 0 Å². The van der Waals surface area contributed by atoms with Gasteiger partial charge in [-0.15, -0.1) is 0 Å². The maximum atomic E-state index is 5.44. The molecule has 0 spiro atoms. The van der Waals surface area contributed by atoms with Gasteiger partial charge in [0.15, 0.2) is 0 Å². The molecule has 2 aromatic heterocycles. The van der Waals surface area contributed by atoms with Crippen molar-refractivity contribution in [3.05, 3.63) is 47.0 Å². The van der Waals surface area contributed by atoms with E-state index in [4.69, 9.17) is 9.31 Å². The molecule has 0 saturated carbocycles. The van der Waals surface area contributed by atoms with Gasteiger partial charge < -0.3 is 9.31 Å². The molecule has 2 heterocycles. The second-order valence-corrected chi connectivity index (χ2v) is 4.50. The Bertz CT molecular complexity index is 496. The van der Waals surface area contributed by atoms with Crippen molar-refractivity contribution in [2.45, 2.75) is 27.7 Å². The largest absolute Gasteiger partial charge is 0.658 e. The van der Waals surface area contributed by atoms with Crippen LogP contribution in [0.1, 0.15) is 22.8 Å². The minimum absolute atomic E-state index is 0.715. The molecular formula is C14H16BN2O2. The summed E-state index contributed by atoms with van der Waals surface area (Å²) in [6, 6.07) is 7.43. The molecule has 0 bridgehead atoms. The summed E-state index contributed by atoms with van der Waals surface area (Å²) in [6.45, 7) is 7.71. The van der Waals surface area contributed by atoms with Crippen LogP contribution < -0.4 is 9.31 Å². The van der Waals surface area contributed by atoms with E-state index in [0.717, 1.165) is 22.8 Å². The highest BCUT2D eigenvalue weighted by Gasteiger charge is 2.04. The number of aromatic nitrogens is 2. The summed E-state index contributed by atoms with van der Waals surface area (Å²) in [5.74, 6) is 1.43. The van der Waals surface area contributed by atoms with Crippen molar-refractivity contribution >= 4 is 7.69 Å². The summed E-state index contributed by atoms with van der Waals surface area (Å²) in [4.78, 5) is 8.56. The lowest BCUT2D eigenvalue weighted by molar-refractivity contribution is 0.457. The van der Waals surface area contributed by atoms with E-state index < -0.39 is 0 Å². The minimum Gasteiger partial charge on any atom is -0.526 e. The Labute approximate surface area is 114 Å². The molecule has 1 radical (unpaired) electrons. The molecule has 0 atom stereocenters. The summed E-state index contributed by atoms with van der Waals surface area (Å²) < 4.78 is 10.9. The van der Waals surface area contributed by atoms with Crippen molar-refractivity contribution in [2.75, 3.05) is 0 Å². The summed E-state index contributed by atoms with van der Waals surface area (Å²) in [5.41, 5.74) is 3.66. The Morgan fingerprint density at radius 1 is 0.684 bits per heavy atom. The van der Waals surface area contributed by atoms with Crippen LogP contribution in [0.2, 0.25) is 0 Å². The number of nitrogens with zero attached hydrogens (tertiary/aromatic N) is 2. The average Bonchev–Trinajstić information content (AvgIpc) is 2.26. The summed E-state index contributed by atoms with van der Waals surface area (Å²) in [7, 11) is 1.32. The smallest absolute Gasteiger partial charge is 0.526 e. The highest BCUT2D eigenvalue weighted by atomic mass is 16.6. The molecule has 0 saturated heterocycles. The maximum Gasteiger partial charge on any atom is 0.658 e. The second-order valence-electron chi connectivity index (χ2n) is 4.50. The normalized spacial score (nSPS) is 10.1. The molecule has 0 aliphatic rings. The Balaban J connectivity index is 1.96. The van der Waals surface area contributed by atoms with Gasteiger partial charge in [-0.25, -0.2) is 0 Å². The summed E-state index contributed by atoms with van der Waals surface area (Å²) >= 11 is 0. The van der Waals surface area contributed by atoms with E-state index in [9.17, 15) is 0 Å². The highest BCUT2D eigenvalue weighted by molar-refractivity contribution is 6.20. The number of rotatable bonds is 4. The maximum absolute atomic E-state index is 5.44. The Morgan fingerprint density at radius 3 is 1.32 bits per heavy atom. The van der Waals surface area contributed by atoms with E-state index in [1.165, 1.54) is 7.69 Å². The quantitative estimate of drug-likeness (QED) is 0.788. The Morgan fingerprint density at radius 2 is 1.00 bits per heavy atom. The topological polar surface area (TPSA) is 44.2 Å². The Kier molecular flexibility index (Phi) is 4.05. The molecule has 0 amide bonds. The highest BCUT2D eigenvalue weighted by Crippen LogP contribution is 2.15. The van der Waals surface area contributed by atoms with Crippen LogP contribution in [-0.4, -0.2) is 17.7 Å². The number of hydrogen-bond acceptors (Lipinski definition) is 4. The SMILES string of the molecule is Cc1cc(O[B]Oc2cc(C)nc(C)c2)cc(C)n1. The van der Waals surface area contributed by atoms with E-state index in [0.29, 0.717) is 11.5 Å². The predicted molar refractivity (Wildman–Crippen MR) is 74.4 cm³/mol. The molecule has 5 heteroatoms. The molecule has 4 nitrogen and oxygen atoms in total. The third-order valence-electron chi connectivity index (χ3n) is 2.48. The number of aryl methyl sites for hydroxylation is 4. The van der Waals surface area contributed by atoms with Crippen LogP contribution in [0.25, 0.3) is 0 Å². The molecule has 0 fully saturated rings. The third-order valence-corrected chi connectivity index (χ3v) is 2.48. The molecular weight excluding hydrogens is 239 g/mol. The molecule has 0 N–H and O–H groups in total. The lowest BCUT2D eigenvalue weighted by atomic mass is 10.2. The van der Waals surface area contributed by atoms with Gasteiger partial charge in [0.05, 0.1) is 0 Å². The zero-order valence-electron chi connectivity index (χ0n) is 11.6. The van der Waals surface area contributed by atoms with E-state index >= 15 is 0 Å². The standard InChI is InChI=1S/C14H16BN2O2/c1-9-5-13(6-10(2)16-9)18-15-19-14-7-11(3)17-12(4)8-14/h5-8H,1-4H3. The van der Waals surface area contributed by atoms with Gasteiger partial charge in [-0.3, -0.25) is 9.97 Å². The van der Waals surface area contributed by atoms with E-state index in [2.05, 4.69) is 9.97 Å². The first kappa shape index (κ1) is 13.4. The number of pyridine rings is 2. The molecule has 97 valence electrons. The average molecular weight is 255 g/mol. The molecule has 0 aliphatic carbocycles. The van der Waals surface area contributed by atoms with Crippen molar-refractivity contribution in [1.29, 1.82) is 0 Å². The van der Waals surface area contributed by atoms with Crippen molar-refractivity contribution in [1.82, 2.24) is 9.97 Å². The van der Waals surface area contributed by atoms with Crippen LogP contribution >= 0.6 is 0 Å². The summed E-state index contributed by atoms with van der Waals surface area (Å²) in [5, 5.41) is 0. The molecule has 0 aliphatic heterocycles. The first-order chi connectivity index (χ1) is 9.02. The molecule has 2 aromatic rings. The van der Waals surface area contributed by atoms with Crippen LogP contribution in [0, 0.1) is 27.7 Å². The zero-order chi connectivity index (χ0) is 13.8. The van der Waals surface area contributed by atoms with Crippen molar-refractivity contribution in [3.63, 3.8) is 0 Å². The fourth-order valence-electron chi connectivity index (χ4n) is 1.86. The van der Waals surface area contributed by atoms with Gasteiger partial charge in [0, 0.05) is 22.8 Å². The molecule has 0 aromatic carbocycles. The first-order valence-corrected chi connectivity index (χ1v) is 6.08. The van der Waals surface area contributed by atoms with Gasteiger partial charge in [-0.1, -0.05) is 0 Å². The van der Waals surface area contributed by atoms with Crippen LogP contribution in [0.15, 0.2) is 24.3 Å². The zero-order valence-corrected chi connectivity index (χ0v) is 11.6. The van der Waals surface area contributed by atoms with E-state index in [1.807, 2.05) is 52.0 Å². The van der Waals surface area contributed by atoms with Gasteiger partial charge in [-0.05, 0) is 52.0 Å². The number of hydrogen-bond donors (Lipinski definition) is 0. The molecule has 19 heavy (non-hydrogen) atoms. The lowest BCUT2D eigenvalue weighted by Crippen LogP contribution is -2.11. The molecule has 2 rings (SSSR count). The second kappa shape index (κ2) is 5.74.